The highest BCUT2D eigenvalue weighted by molar-refractivity contribution is 5.96. The van der Waals surface area contributed by atoms with Gasteiger partial charge in [0, 0.05) is 11.8 Å². The maximum atomic E-state index is 13.5. The molecule has 2 N–H and O–H groups in total. The Morgan fingerprint density at radius 3 is 2.43 bits per heavy atom. The zero-order valence-electron chi connectivity index (χ0n) is 11.8. The van der Waals surface area contributed by atoms with Gasteiger partial charge in [-0.25, -0.2) is 8.78 Å². The molecule has 0 saturated heterocycles. The van der Waals surface area contributed by atoms with Crippen LogP contribution >= 0.6 is 0 Å². The lowest BCUT2D eigenvalue weighted by atomic mass is 10.2. The smallest absolute Gasteiger partial charge is 0.246 e. The maximum absolute atomic E-state index is 13.5. The lowest BCUT2D eigenvalue weighted by Gasteiger charge is -2.15. The Hall–Kier alpha value is -2.43. The van der Waals surface area contributed by atoms with Crippen LogP contribution in [0.25, 0.3) is 0 Å². The third-order valence-electron chi connectivity index (χ3n) is 3.01. The highest BCUT2D eigenvalue weighted by Crippen LogP contribution is 2.16. The molecule has 0 aliphatic rings. The molecule has 0 saturated carbocycles. The van der Waals surface area contributed by atoms with Crippen LogP contribution in [0.1, 0.15) is 12.5 Å². The molecule has 0 heterocycles. The van der Waals surface area contributed by atoms with E-state index in [9.17, 15) is 13.6 Å². The van der Waals surface area contributed by atoms with Gasteiger partial charge >= 0.3 is 0 Å². The summed E-state index contributed by atoms with van der Waals surface area (Å²) in [5.74, 6) is -1.72. The molecule has 2 rings (SSSR count). The molecule has 21 heavy (non-hydrogen) atoms. The fraction of sp³-hybridized carbons (Fsp3) is 0.188. The average Bonchev–Trinajstić information content (AvgIpc) is 2.45. The number of rotatable bonds is 4. The SMILES string of the molecule is Cc1ccc(NC(C)C(=O)Nc2cc(F)ccc2F)cc1. The Bertz CT molecular complexity index is 641. The largest absolute Gasteiger partial charge is 0.374 e. The topological polar surface area (TPSA) is 41.1 Å². The molecular formula is C16H16F2N2O. The summed E-state index contributed by atoms with van der Waals surface area (Å²) in [5.41, 5.74) is 1.72. The summed E-state index contributed by atoms with van der Waals surface area (Å²) in [4.78, 5) is 12.0. The van der Waals surface area contributed by atoms with Crippen molar-refractivity contribution >= 4 is 17.3 Å². The second-order valence-electron chi connectivity index (χ2n) is 4.85. The zero-order valence-corrected chi connectivity index (χ0v) is 11.8. The highest BCUT2D eigenvalue weighted by atomic mass is 19.1. The van der Waals surface area contributed by atoms with E-state index in [4.69, 9.17) is 0 Å². The van der Waals surface area contributed by atoms with E-state index in [2.05, 4.69) is 10.6 Å². The number of carbonyl (C=O) groups is 1. The van der Waals surface area contributed by atoms with Crippen LogP contribution in [-0.2, 0) is 4.79 Å². The van der Waals surface area contributed by atoms with Gasteiger partial charge in [-0.05, 0) is 38.1 Å². The molecule has 1 atom stereocenters. The van der Waals surface area contributed by atoms with Crippen LogP contribution in [0.3, 0.4) is 0 Å². The van der Waals surface area contributed by atoms with Crippen molar-refractivity contribution in [1.82, 2.24) is 0 Å². The van der Waals surface area contributed by atoms with E-state index in [1.165, 1.54) is 0 Å². The van der Waals surface area contributed by atoms with Gasteiger partial charge in [-0.2, -0.15) is 0 Å². The second kappa shape index (κ2) is 6.35. The first-order valence-electron chi connectivity index (χ1n) is 6.55. The van der Waals surface area contributed by atoms with Crippen LogP contribution in [0.4, 0.5) is 20.2 Å². The lowest BCUT2D eigenvalue weighted by molar-refractivity contribution is -0.116. The molecule has 0 spiro atoms. The van der Waals surface area contributed by atoms with Crippen molar-refractivity contribution in [2.75, 3.05) is 10.6 Å². The number of aryl methyl sites for hydroxylation is 1. The van der Waals surface area contributed by atoms with Crippen molar-refractivity contribution in [3.05, 3.63) is 59.7 Å². The molecule has 0 radical (unpaired) electrons. The molecule has 2 aromatic rings. The fourth-order valence-corrected chi connectivity index (χ4v) is 1.80. The summed E-state index contributed by atoms with van der Waals surface area (Å²) >= 11 is 0. The minimum atomic E-state index is -0.674. The van der Waals surface area contributed by atoms with Crippen molar-refractivity contribution < 1.29 is 13.6 Å². The van der Waals surface area contributed by atoms with Gasteiger partial charge in [0.15, 0.2) is 0 Å². The normalized spacial score (nSPS) is 11.8. The van der Waals surface area contributed by atoms with Gasteiger partial charge in [0.1, 0.15) is 17.7 Å². The summed E-state index contributed by atoms with van der Waals surface area (Å²) in [7, 11) is 0. The molecule has 110 valence electrons. The third kappa shape index (κ3) is 4.02. The Morgan fingerprint density at radius 1 is 1.10 bits per heavy atom. The predicted octanol–water partition coefficient (Wildman–Crippen LogP) is 3.71. The van der Waals surface area contributed by atoms with Gasteiger partial charge in [-0.15, -0.1) is 0 Å². The van der Waals surface area contributed by atoms with Gasteiger partial charge in [-0.1, -0.05) is 17.7 Å². The number of halogens is 2. The highest BCUT2D eigenvalue weighted by Gasteiger charge is 2.15. The number of hydrogen-bond acceptors (Lipinski definition) is 2. The van der Waals surface area contributed by atoms with Gasteiger partial charge < -0.3 is 10.6 Å². The van der Waals surface area contributed by atoms with Gasteiger partial charge in [0.25, 0.3) is 0 Å². The molecule has 5 heteroatoms. The molecule has 1 amide bonds. The van der Waals surface area contributed by atoms with Crippen LogP contribution < -0.4 is 10.6 Å². The molecule has 2 aromatic carbocycles. The predicted molar refractivity (Wildman–Crippen MR) is 79.3 cm³/mol. The molecule has 0 aliphatic carbocycles. The summed E-state index contributed by atoms with van der Waals surface area (Å²) in [5, 5.41) is 5.36. The summed E-state index contributed by atoms with van der Waals surface area (Å²) < 4.78 is 26.5. The minimum Gasteiger partial charge on any atom is -0.374 e. The van der Waals surface area contributed by atoms with E-state index < -0.39 is 23.6 Å². The number of nitrogens with one attached hydrogen (secondary N) is 2. The van der Waals surface area contributed by atoms with Crippen LogP contribution in [-0.4, -0.2) is 11.9 Å². The molecular weight excluding hydrogens is 274 g/mol. The van der Waals surface area contributed by atoms with Crippen molar-refractivity contribution in [3.8, 4) is 0 Å². The maximum Gasteiger partial charge on any atom is 0.246 e. The minimum absolute atomic E-state index is 0.169. The third-order valence-corrected chi connectivity index (χ3v) is 3.01. The van der Waals surface area contributed by atoms with Crippen LogP contribution in [0.15, 0.2) is 42.5 Å². The first kappa shape index (κ1) is 15.0. The van der Waals surface area contributed by atoms with Crippen molar-refractivity contribution in [2.45, 2.75) is 19.9 Å². The number of hydrogen-bond donors (Lipinski definition) is 2. The summed E-state index contributed by atoms with van der Waals surface area (Å²) in [6.45, 7) is 3.61. The Balaban J connectivity index is 2.02. The van der Waals surface area contributed by atoms with Crippen molar-refractivity contribution in [2.24, 2.45) is 0 Å². The monoisotopic (exact) mass is 290 g/mol. The average molecular weight is 290 g/mol. The van der Waals surface area contributed by atoms with E-state index in [1.807, 2.05) is 31.2 Å². The standard InChI is InChI=1S/C16H16F2N2O/c1-10-3-6-13(7-4-10)19-11(2)16(21)20-15-9-12(17)5-8-14(15)18/h3-9,11,19H,1-2H3,(H,20,21). The zero-order chi connectivity index (χ0) is 15.4. The van der Waals surface area contributed by atoms with Gasteiger partial charge in [0.05, 0.1) is 5.69 Å². The van der Waals surface area contributed by atoms with Crippen LogP contribution in [0, 0.1) is 18.6 Å². The first-order chi connectivity index (χ1) is 9.95. The fourth-order valence-electron chi connectivity index (χ4n) is 1.80. The number of anilines is 2. The van der Waals surface area contributed by atoms with E-state index in [1.54, 1.807) is 6.92 Å². The Kier molecular flexibility index (Phi) is 4.52. The van der Waals surface area contributed by atoms with E-state index in [0.29, 0.717) is 0 Å². The first-order valence-corrected chi connectivity index (χ1v) is 6.55. The van der Waals surface area contributed by atoms with E-state index >= 15 is 0 Å². The molecule has 0 aliphatic heterocycles. The van der Waals surface area contributed by atoms with E-state index in [-0.39, 0.29) is 5.69 Å². The number of carbonyl (C=O) groups excluding carboxylic acids is 1. The molecule has 3 nitrogen and oxygen atoms in total. The molecule has 0 aromatic heterocycles. The van der Waals surface area contributed by atoms with Crippen LogP contribution in [0.2, 0.25) is 0 Å². The van der Waals surface area contributed by atoms with Crippen molar-refractivity contribution in [3.63, 3.8) is 0 Å². The molecule has 0 fully saturated rings. The van der Waals surface area contributed by atoms with E-state index in [0.717, 1.165) is 29.4 Å². The lowest BCUT2D eigenvalue weighted by Crippen LogP contribution is -2.32. The van der Waals surface area contributed by atoms with Gasteiger partial charge in [-0.3, -0.25) is 4.79 Å². The van der Waals surface area contributed by atoms with Crippen LogP contribution in [0.5, 0.6) is 0 Å². The summed E-state index contributed by atoms with van der Waals surface area (Å²) in [6.07, 6.45) is 0. The quantitative estimate of drug-likeness (QED) is 0.901. The Morgan fingerprint density at radius 2 is 1.76 bits per heavy atom. The van der Waals surface area contributed by atoms with Crippen molar-refractivity contribution in [1.29, 1.82) is 0 Å². The molecule has 1 unspecified atom stereocenters. The number of benzene rings is 2. The van der Waals surface area contributed by atoms with Gasteiger partial charge in [0.2, 0.25) is 5.91 Å². The Labute approximate surface area is 122 Å². The molecule has 0 bridgehead atoms. The summed E-state index contributed by atoms with van der Waals surface area (Å²) in [6, 6.07) is 9.87. The second-order valence-corrected chi connectivity index (χ2v) is 4.85. The number of amides is 1.